The summed E-state index contributed by atoms with van der Waals surface area (Å²) in [6.07, 6.45) is 5.50. The van der Waals surface area contributed by atoms with Crippen LogP contribution in [0.4, 0.5) is 0 Å². The Morgan fingerprint density at radius 2 is 1.95 bits per heavy atom. The van der Waals surface area contributed by atoms with E-state index >= 15 is 0 Å². The summed E-state index contributed by atoms with van der Waals surface area (Å²) in [6, 6.07) is 10.4. The van der Waals surface area contributed by atoms with E-state index in [1.807, 2.05) is 23.1 Å². The normalized spacial score (nSPS) is 28.2. The van der Waals surface area contributed by atoms with Gasteiger partial charge in [-0.2, -0.15) is 0 Å². The topological polar surface area (TPSA) is 29.5 Å². The summed E-state index contributed by atoms with van der Waals surface area (Å²) < 4.78 is 5.84. The number of hydrogen-bond acceptors (Lipinski definition) is 2. The van der Waals surface area contributed by atoms with Crippen molar-refractivity contribution in [2.75, 3.05) is 19.8 Å². The lowest BCUT2D eigenvalue weighted by atomic mass is 10.0. The highest BCUT2D eigenvalue weighted by atomic mass is 16.5. The van der Waals surface area contributed by atoms with Gasteiger partial charge < -0.3 is 9.64 Å². The number of fused-ring (bicyclic) bond motifs is 2. The lowest BCUT2D eigenvalue weighted by Crippen LogP contribution is -2.33. The predicted molar refractivity (Wildman–Crippen MR) is 78.3 cm³/mol. The summed E-state index contributed by atoms with van der Waals surface area (Å²) >= 11 is 0. The highest BCUT2D eigenvalue weighted by Gasteiger charge is 2.34. The molecule has 3 heteroatoms. The fraction of sp³-hybridized carbons (Fsp3) is 0.588. The molecule has 0 radical (unpaired) electrons. The van der Waals surface area contributed by atoms with E-state index in [0.717, 1.165) is 26.0 Å². The summed E-state index contributed by atoms with van der Waals surface area (Å²) in [5, 5.41) is 0. The number of amides is 1. The molecule has 1 amide bonds. The van der Waals surface area contributed by atoms with Gasteiger partial charge in [-0.1, -0.05) is 43.2 Å². The van der Waals surface area contributed by atoms with Crippen LogP contribution in [0, 0.1) is 5.92 Å². The van der Waals surface area contributed by atoms with Gasteiger partial charge in [-0.25, -0.2) is 0 Å². The van der Waals surface area contributed by atoms with Crippen LogP contribution in [0.25, 0.3) is 0 Å². The van der Waals surface area contributed by atoms with Gasteiger partial charge in [0.15, 0.2) is 0 Å². The zero-order valence-electron chi connectivity index (χ0n) is 12.0. The van der Waals surface area contributed by atoms with Crippen molar-refractivity contribution in [2.24, 2.45) is 5.92 Å². The number of rotatable bonds is 1. The van der Waals surface area contributed by atoms with Crippen LogP contribution in [-0.2, 0) is 9.53 Å². The third kappa shape index (κ3) is 3.04. The third-order valence-electron chi connectivity index (χ3n) is 4.48. The summed E-state index contributed by atoms with van der Waals surface area (Å²) in [6.45, 7) is 2.35. The zero-order chi connectivity index (χ0) is 13.8. The quantitative estimate of drug-likeness (QED) is 0.786. The summed E-state index contributed by atoms with van der Waals surface area (Å²) in [5.41, 5.74) is 1.20. The number of benzene rings is 1. The van der Waals surface area contributed by atoms with Gasteiger partial charge in [-0.15, -0.1) is 0 Å². The molecular weight excluding hydrogens is 250 g/mol. The smallest absolute Gasteiger partial charge is 0.223 e. The average Bonchev–Trinajstić information content (AvgIpc) is 2.81. The lowest BCUT2D eigenvalue weighted by Gasteiger charge is -2.28. The van der Waals surface area contributed by atoms with Crippen LogP contribution < -0.4 is 0 Å². The number of carbonyl (C=O) groups is 1. The highest BCUT2D eigenvalue weighted by molar-refractivity contribution is 5.79. The van der Waals surface area contributed by atoms with Gasteiger partial charge in [0.05, 0.1) is 12.6 Å². The predicted octanol–water partition coefficient (Wildman–Crippen LogP) is 3.17. The van der Waals surface area contributed by atoms with E-state index in [1.165, 1.54) is 24.8 Å². The fourth-order valence-electron chi connectivity index (χ4n) is 3.35. The van der Waals surface area contributed by atoms with Crippen LogP contribution in [0.2, 0.25) is 0 Å². The van der Waals surface area contributed by atoms with E-state index in [9.17, 15) is 4.79 Å². The number of hydrogen-bond donors (Lipinski definition) is 0. The first-order valence-electron chi connectivity index (χ1n) is 7.77. The van der Waals surface area contributed by atoms with E-state index < -0.39 is 0 Å². The van der Waals surface area contributed by atoms with Crippen LogP contribution >= 0.6 is 0 Å². The highest BCUT2D eigenvalue weighted by Crippen LogP contribution is 2.32. The Hall–Kier alpha value is -1.35. The molecule has 0 unspecified atom stereocenters. The Bertz CT molecular complexity index is 446. The van der Waals surface area contributed by atoms with Crippen molar-refractivity contribution in [3.8, 4) is 0 Å². The van der Waals surface area contributed by atoms with Crippen molar-refractivity contribution in [1.82, 2.24) is 4.90 Å². The molecule has 2 bridgehead atoms. The molecule has 2 saturated heterocycles. The Morgan fingerprint density at radius 3 is 2.80 bits per heavy atom. The van der Waals surface area contributed by atoms with Crippen molar-refractivity contribution in [1.29, 1.82) is 0 Å². The van der Waals surface area contributed by atoms with Gasteiger partial charge in [-0.3, -0.25) is 4.79 Å². The average molecular weight is 273 g/mol. The van der Waals surface area contributed by atoms with Crippen LogP contribution in [0.5, 0.6) is 0 Å². The van der Waals surface area contributed by atoms with Crippen molar-refractivity contribution >= 4 is 5.91 Å². The molecule has 0 aromatic heterocycles. The maximum atomic E-state index is 12.3. The van der Waals surface area contributed by atoms with Crippen molar-refractivity contribution in [2.45, 2.75) is 38.1 Å². The molecule has 3 rings (SSSR count). The van der Waals surface area contributed by atoms with E-state index in [-0.39, 0.29) is 6.04 Å². The Balaban J connectivity index is 1.82. The van der Waals surface area contributed by atoms with E-state index in [0.29, 0.717) is 18.4 Å². The molecule has 0 spiro atoms. The maximum absolute atomic E-state index is 12.3. The van der Waals surface area contributed by atoms with E-state index in [2.05, 4.69) is 12.1 Å². The second-order valence-electron chi connectivity index (χ2n) is 5.97. The van der Waals surface area contributed by atoms with Crippen molar-refractivity contribution < 1.29 is 9.53 Å². The largest absolute Gasteiger partial charge is 0.379 e. The molecule has 108 valence electrons. The van der Waals surface area contributed by atoms with Crippen LogP contribution in [0.15, 0.2) is 30.3 Å². The minimum absolute atomic E-state index is 0.0896. The molecule has 0 aliphatic carbocycles. The molecule has 2 heterocycles. The van der Waals surface area contributed by atoms with Crippen LogP contribution in [0.3, 0.4) is 0 Å². The van der Waals surface area contributed by atoms with Gasteiger partial charge in [0, 0.05) is 19.6 Å². The van der Waals surface area contributed by atoms with Crippen LogP contribution in [0.1, 0.15) is 43.7 Å². The minimum atomic E-state index is 0.0896. The molecule has 2 atom stereocenters. The van der Waals surface area contributed by atoms with Gasteiger partial charge in [0.1, 0.15) is 0 Å². The Labute approximate surface area is 120 Å². The molecule has 1 aromatic carbocycles. The minimum Gasteiger partial charge on any atom is -0.379 e. The molecule has 0 saturated carbocycles. The summed E-state index contributed by atoms with van der Waals surface area (Å²) in [4.78, 5) is 14.4. The molecular formula is C17H23NO2. The molecule has 20 heavy (non-hydrogen) atoms. The van der Waals surface area contributed by atoms with Gasteiger partial charge >= 0.3 is 0 Å². The number of ether oxygens (including phenoxy) is 1. The second-order valence-corrected chi connectivity index (χ2v) is 5.97. The summed E-state index contributed by atoms with van der Waals surface area (Å²) in [7, 11) is 0. The molecule has 2 aliphatic heterocycles. The molecule has 2 aliphatic rings. The van der Waals surface area contributed by atoms with Gasteiger partial charge in [0.25, 0.3) is 0 Å². The molecule has 3 nitrogen and oxygen atoms in total. The van der Waals surface area contributed by atoms with Crippen LogP contribution in [-0.4, -0.2) is 30.6 Å². The van der Waals surface area contributed by atoms with Gasteiger partial charge in [0.2, 0.25) is 5.91 Å². The maximum Gasteiger partial charge on any atom is 0.223 e. The Kier molecular flexibility index (Phi) is 4.36. The monoisotopic (exact) mass is 273 g/mol. The fourth-order valence-corrected chi connectivity index (χ4v) is 3.35. The first kappa shape index (κ1) is 13.6. The van der Waals surface area contributed by atoms with Crippen molar-refractivity contribution in [3.63, 3.8) is 0 Å². The molecule has 0 N–H and O–H groups in total. The first-order valence-corrected chi connectivity index (χ1v) is 7.77. The third-order valence-corrected chi connectivity index (χ3v) is 4.48. The van der Waals surface area contributed by atoms with Gasteiger partial charge in [-0.05, 0) is 24.3 Å². The number of carbonyl (C=O) groups excluding carboxylic acids is 1. The number of nitrogens with zero attached hydrogens (tertiary/aromatic N) is 1. The van der Waals surface area contributed by atoms with E-state index in [4.69, 9.17) is 4.74 Å². The second kappa shape index (κ2) is 6.40. The van der Waals surface area contributed by atoms with E-state index in [1.54, 1.807) is 0 Å². The molecule has 2 fully saturated rings. The summed E-state index contributed by atoms with van der Waals surface area (Å²) in [5.74, 6) is 0.847. The Morgan fingerprint density at radius 1 is 1.10 bits per heavy atom. The molecule has 1 aromatic rings. The van der Waals surface area contributed by atoms with Crippen molar-refractivity contribution in [3.05, 3.63) is 35.9 Å². The SMILES string of the molecule is O=C1C[C@@H]2CCCCCOC[C@H](c3ccccc3)N1C2. The standard InChI is InChI=1S/C17H23NO2/c19-17-11-14-7-3-2-6-10-20-13-16(18(17)12-14)15-8-4-1-5-9-15/h1,4-5,8-9,14,16H,2-3,6-7,10-13H2/t14-,16+/m0/s1. The first-order chi connectivity index (χ1) is 9.84. The lowest BCUT2D eigenvalue weighted by molar-refractivity contribution is -0.131. The zero-order valence-corrected chi connectivity index (χ0v) is 12.0.